The highest BCUT2D eigenvalue weighted by molar-refractivity contribution is 7.09. The van der Waals surface area contributed by atoms with E-state index in [9.17, 15) is 19.8 Å². The van der Waals surface area contributed by atoms with E-state index in [1.54, 1.807) is 36.4 Å². The highest BCUT2D eigenvalue weighted by Crippen LogP contribution is 2.46. The summed E-state index contributed by atoms with van der Waals surface area (Å²) < 4.78 is 15.9. The molecule has 1 amide bonds. The van der Waals surface area contributed by atoms with Crippen molar-refractivity contribution in [1.82, 2.24) is 4.90 Å². The molecule has 0 saturated carbocycles. The minimum atomic E-state index is -1.02. The lowest BCUT2D eigenvalue weighted by molar-refractivity contribution is -0.140. The number of hydrogen-bond donors (Lipinski definition) is 2. The number of phenolic OH excluding ortho intramolecular Hbond substituents is 1. The molecule has 1 saturated heterocycles. The fraction of sp³-hybridized carbons (Fsp3) is 0.167. The molecule has 0 aliphatic carbocycles. The lowest BCUT2D eigenvalue weighted by atomic mass is 9.94. The van der Waals surface area contributed by atoms with Crippen molar-refractivity contribution < 1.29 is 34.0 Å². The normalized spacial score (nSPS) is 18.7. The molecule has 9 heteroatoms. The van der Waals surface area contributed by atoms with Gasteiger partial charge < -0.3 is 29.3 Å². The first kappa shape index (κ1) is 20.9. The van der Waals surface area contributed by atoms with Crippen LogP contribution in [0.4, 0.5) is 0 Å². The molecule has 0 spiro atoms. The SMILES string of the molecule is COc1cccc(C2/C(=C(\O)c3ccc4c(c3)OCO4)C(=O)C(=O)N2Cc2cccs2)c1O. The first-order valence-corrected chi connectivity index (χ1v) is 10.9. The number of rotatable bonds is 5. The van der Waals surface area contributed by atoms with Gasteiger partial charge in [-0.2, -0.15) is 0 Å². The van der Waals surface area contributed by atoms with Crippen molar-refractivity contribution in [2.75, 3.05) is 13.9 Å². The zero-order valence-electron chi connectivity index (χ0n) is 17.5. The quantitative estimate of drug-likeness (QED) is 0.335. The Morgan fingerprint density at radius 2 is 1.97 bits per heavy atom. The molecular weight excluding hydrogens is 446 g/mol. The van der Waals surface area contributed by atoms with Crippen molar-refractivity contribution in [1.29, 1.82) is 0 Å². The molecule has 3 heterocycles. The van der Waals surface area contributed by atoms with Gasteiger partial charge in [0.1, 0.15) is 5.76 Å². The molecule has 1 fully saturated rings. The van der Waals surface area contributed by atoms with E-state index in [-0.39, 0.29) is 41.7 Å². The second-order valence-electron chi connectivity index (χ2n) is 7.47. The van der Waals surface area contributed by atoms with Crippen molar-refractivity contribution in [3.8, 4) is 23.0 Å². The van der Waals surface area contributed by atoms with E-state index in [2.05, 4.69) is 0 Å². The Bertz CT molecular complexity index is 1280. The fourth-order valence-electron chi connectivity index (χ4n) is 4.06. The minimum absolute atomic E-state index is 0.0580. The molecule has 0 bridgehead atoms. The summed E-state index contributed by atoms with van der Waals surface area (Å²) in [5.74, 6) is -1.05. The lowest BCUT2D eigenvalue weighted by Crippen LogP contribution is -2.28. The molecule has 0 radical (unpaired) electrons. The van der Waals surface area contributed by atoms with Gasteiger partial charge in [0.2, 0.25) is 6.79 Å². The molecule has 33 heavy (non-hydrogen) atoms. The smallest absolute Gasteiger partial charge is 0.295 e. The van der Waals surface area contributed by atoms with Crippen LogP contribution in [0.3, 0.4) is 0 Å². The van der Waals surface area contributed by atoms with Crippen molar-refractivity contribution >= 4 is 28.8 Å². The largest absolute Gasteiger partial charge is 0.507 e. The van der Waals surface area contributed by atoms with Crippen molar-refractivity contribution in [3.63, 3.8) is 0 Å². The highest BCUT2D eigenvalue weighted by Gasteiger charge is 2.47. The van der Waals surface area contributed by atoms with Gasteiger partial charge in [-0.3, -0.25) is 9.59 Å². The van der Waals surface area contributed by atoms with Crippen LogP contribution in [0.2, 0.25) is 0 Å². The Morgan fingerprint density at radius 3 is 2.73 bits per heavy atom. The topological polar surface area (TPSA) is 106 Å². The number of fused-ring (bicyclic) bond motifs is 1. The number of ether oxygens (including phenoxy) is 3. The molecule has 168 valence electrons. The van der Waals surface area contributed by atoms with Gasteiger partial charge in [-0.25, -0.2) is 0 Å². The van der Waals surface area contributed by atoms with E-state index in [4.69, 9.17) is 14.2 Å². The number of likely N-dealkylation sites (tertiary alicyclic amines) is 1. The third-order valence-corrected chi connectivity index (χ3v) is 6.50. The van der Waals surface area contributed by atoms with Gasteiger partial charge in [-0.15, -0.1) is 11.3 Å². The zero-order chi connectivity index (χ0) is 23.1. The van der Waals surface area contributed by atoms with E-state index < -0.39 is 17.7 Å². The summed E-state index contributed by atoms with van der Waals surface area (Å²) in [4.78, 5) is 28.5. The summed E-state index contributed by atoms with van der Waals surface area (Å²) in [5.41, 5.74) is 0.437. The number of phenols is 1. The Hall–Kier alpha value is -3.98. The Labute approximate surface area is 192 Å². The summed E-state index contributed by atoms with van der Waals surface area (Å²) in [7, 11) is 1.41. The number of Topliss-reactive ketones (excluding diaryl/α,β-unsaturated/α-hetero) is 1. The summed E-state index contributed by atoms with van der Waals surface area (Å²) in [6.07, 6.45) is 0. The number of thiophene rings is 1. The van der Waals surface area contributed by atoms with Crippen LogP contribution in [0.15, 0.2) is 59.5 Å². The number of nitrogens with zero attached hydrogens (tertiary/aromatic N) is 1. The first-order valence-electron chi connectivity index (χ1n) is 10.1. The van der Waals surface area contributed by atoms with Crippen molar-refractivity contribution in [2.24, 2.45) is 0 Å². The number of carbonyl (C=O) groups excluding carboxylic acids is 2. The molecule has 8 nitrogen and oxygen atoms in total. The van der Waals surface area contributed by atoms with Gasteiger partial charge in [-0.05, 0) is 35.7 Å². The molecule has 3 aromatic rings. The third-order valence-electron chi connectivity index (χ3n) is 5.64. The molecule has 2 aliphatic heterocycles. The van der Waals surface area contributed by atoms with Gasteiger partial charge >= 0.3 is 0 Å². The fourth-order valence-corrected chi connectivity index (χ4v) is 4.76. The number of aliphatic hydroxyl groups is 1. The molecule has 2 aliphatic rings. The highest BCUT2D eigenvalue weighted by atomic mass is 32.1. The van der Waals surface area contributed by atoms with Crippen LogP contribution < -0.4 is 14.2 Å². The van der Waals surface area contributed by atoms with Crippen LogP contribution in [0.25, 0.3) is 5.76 Å². The van der Waals surface area contributed by atoms with Crippen LogP contribution in [0.1, 0.15) is 22.0 Å². The van der Waals surface area contributed by atoms with Crippen LogP contribution in [0.5, 0.6) is 23.0 Å². The van der Waals surface area contributed by atoms with Gasteiger partial charge in [0.05, 0.1) is 25.3 Å². The molecule has 5 rings (SSSR count). The number of hydrogen-bond acceptors (Lipinski definition) is 8. The Balaban J connectivity index is 1.69. The maximum absolute atomic E-state index is 13.2. The maximum Gasteiger partial charge on any atom is 0.295 e. The van der Waals surface area contributed by atoms with Gasteiger partial charge in [0.15, 0.2) is 23.0 Å². The second kappa shape index (κ2) is 8.18. The summed E-state index contributed by atoms with van der Waals surface area (Å²) >= 11 is 1.44. The van der Waals surface area contributed by atoms with Crippen LogP contribution in [0, 0.1) is 0 Å². The second-order valence-corrected chi connectivity index (χ2v) is 8.50. The molecule has 2 aromatic carbocycles. The summed E-state index contributed by atoms with van der Waals surface area (Å²) in [5, 5.41) is 23.9. The van der Waals surface area contributed by atoms with E-state index in [1.807, 2.05) is 17.5 Å². The predicted molar refractivity (Wildman–Crippen MR) is 119 cm³/mol. The number of amides is 1. The zero-order valence-corrected chi connectivity index (χ0v) is 18.3. The van der Waals surface area contributed by atoms with Crippen LogP contribution in [-0.4, -0.2) is 40.7 Å². The van der Waals surface area contributed by atoms with Crippen molar-refractivity contribution in [2.45, 2.75) is 12.6 Å². The number of benzene rings is 2. The number of para-hydroxylation sites is 1. The number of aliphatic hydroxyl groups excluding tert-OH is 1. The Kier molecular flexibility index (Phi) is 5.18. The molecular formula is C24H19NO7S. The third kappa shape index (κ3) is 3.46. The summed E-state index contributed by atoms with van der Waals surface area (Å²) in [6, 6.07) is 12.3. The number of aromatic hydroxyl groups is 1. The lowest BCUT2D eigenvalue weighted by Gasteiger charge is -2.26. The predicted octanol–water partition coefficient (Wildman–Crippen LogP) is 3.81. The molecule has 1 atom stereocenters. The van der Waals surface area contributed by atoms with E-state index in [0.717, 1.165) is 4.88 Å². The van der Waals surface area contributed by atoms with E-state index in [1.165, 1.54) is 23.3 Å². The average molecular weight is 465 g/mol. The van der Waals surface area contributed by atoms with Gasteiger partial charge in [-0.1, -0.05) is 18.2 Å². The first-order chi connectivity index (χ1) is 16.0. The summed E-state index contributed by atoms with van der Waals surface area (Å²) in [6.45, 7) is 0.198. The molecule has 1 unspecified atom stereocenters. The number of ketones is 1. The van der Waals surface area contributed by atoms with E-state index >= 15 is 0 Å². The average Bonchev–Trinajstić information content (AvgIpc) is 3.56. The number of methoxy groups -OCH3 is 1. The maximum atomic E-state index is 13.2. The molecule has 1 aromatic heterocycles. The minimum Gasteiger partial charge on any atom is -0.507 e. The van der Waals surface area contributed by atoms with Crippen LogP contribution in [-0.2, 0) is 16.1 Å². The number of carbonyl (C=O) groups is 2. The van der Waals surface area contributed by atoms with Gasteiger partial charge in [0.25, 0.3) is 11.7 Å². The Morgan fingerprint density at radius 1 is 1.15 bits per heavy atom. The van der Waals surface area contributed by atoms with Crippen molar-refractivity contribution in [3.05, 3.63) is 75.5 Å². The standard InChI is InChI=1S/C24H19NO7S/c1-30-17-6-2-5-15(22(17)27)20-19(21(26)13-7-8-16-18(10-13)32-12-31-16)23(28)24(29)25(20)11-14-4-3-9-33-14/h2-10,20,26-27H,11-12H2,1H3/b21-19+. The van der Waals surface area contributed by atoms with E-state index in [0.29, 0.717) is 17.1 Å². The van der Waals surface area contributed by atoms with Gasteiger partial charge in [0, 0.05) is 16.0 Å². The van der Waals surface area contributed by atoms with Crippen LogP contribution >= 0.6 is 11.3 Å². The monoisotopic (exact) mass is 465 g/mol. The molecule has 2 N–H and O–H groups in total.